The fourth-order valence-electron chi connectivity index (χ4n) is 5.32. The van der Waals surface area contributed by atoms with Gasteiger partial charge in [-0.1, -0.05) is 18.6 Å². The summed E-state index contributed by atoms with van der Waals surface area (Å²) in [5.74, 6) is -0.698. The largest absolute Gasteiger partial charge is 0.355 e. The molecule has 0 bridgehead atoms. The van der Waals surface area contributed by atoms with Crippen molar-refractivity contribution >= 4 is 27.3 Å². The van der Waals surface area contributed by atoms with E-state index >= 15 is 0 Å². The SMILES string of the molecule is Cc1cc(F)ccc1Nc1cc(S(=O)(=O)N2CCCCC2)ncc1C(=O)N1CCC(c2ccc(F)cc2)CC1. The van der Waals surface area contributed by atoms with Gasteiger partial charge < -0.3 is 10.2 Å². The highest BCUT2D eigenvalue weighted by molar-refractivity contribution is 7.89. The van der Waals surface area contributed by atoms with Crippen LogP contribution >= 0.6 is 0 Å². The van der Waals surface area contributed by atoms with Crippen LogP contribution in [0.1, 0.15) is 59.5 Å². The Balaban J connectivity index is 1.42. The number of aromatic nitrogens is 1. The number of hydrogen-bond donors (Lipinski definition) is 1. The number of likely N-dealkylation sites (tertiary alicyclic amines) is 1. The van der Waals surface area contributed by atoms with E-state index in [1.54, 1.807) is 30.0 Å². The van der Waals surface area contributed by atoms with E-state index in [9.17, 15) is 22.0 Å². The van der Waals surface area contributed by atoms with Crippen LogP contribution in [0.2, 0.25) is 0 Å². The van der Waals surface area contributed by atoms with E-state index in [-0.39, 0.29) is 34.0 Å². The molecule has 2 aromatic carbocycles. The van der Waals surface area contributed by atoms with Crippen molar-refractivity contribution in [2.75, 3.05) is 31.5 Å². The maximum Gasteiger partial charge on any atom is 0.260 e. The summed E-state index contributed by atoms with van der Waals surface area (Å²) in [6, 6.07) is 12.1. The van der Waals surface area contributed by atoms with E-state index in [1.807, 2.05) is 0 Å². The Morgan fingerprint density at radius 3 is 2.23 bits per heavy atom. The lowest BCUT2D eigenvalue weighted by molar-refractivity contribution is 0.0713. The van der Waals surface area contributed by atoms with E-state index in [2.05, 4.69) is 10.3 Å². The lowest BCUT2D eigenvalue weighted by Gasteiger charge is -2.33. The van der Waals surface area contributed by atoms with Crippen molar-refractivity contribution in [3.05, 3.63) is 83.1 Å². The zero-order valence-electron chi connectivity index (χ0n) is 21.9. The molecule has 0 atom stereocenters. The van der Waals surface area contributed by atoms with E-state index in [1.165, 1.54) is 40.8 Å². The van der Waals surface area contributed by atoms with Crippen LogP contribution in [-0.4, -0.2) is 54.7 Å². The van der Waals surface area contributed by atoms with Gasteiger partial charge in [-0.15, -0.1) is 0 Å². The number of carbonyl (C=O) groups is 1. The molecule has 0 saturated carbocycles. The number of sulfonamides is 1. The molecule has 2 aliphatic heterocycles. The Morgan fingerprint density at radius 1 is 0.897 bits per heavy atom. The quantitative estimate of drug-likeness (QED) is 0.429. The normalized spacial score (nSPS) is 17.3. The number of nitrogens with one attached hydrogen (secondary N) is 1. The van der Waals surface area contributed by atoms with Crippen molar-refractivity contribution in [3.8, 4) is 0 Å². The van der Waals surface area contributed by atoms with Gasteiger partial charge in [0.15, 0.2) is 5.03 Å². The highest BCUT2D eigenvalue weighted by atomic mass is 32.2. The summed E-state index contributed by atoms with van der Waals surface area (Å²) in [6.07, 6.45) is 5.36. The minimum atomic E-state index is -3.83. The molecule has 0 unspecified atom stereocenters. The van der Waals surface area contributed by atoms with Gasteiger partial charge in [-0.05, 0) is 80.0 Å². The summed E-state index contributed by atoms with van der Waals surface area (Å²) in [6.45, 7) is 3.62. The first-order valence-electron chi connectivity index (χ1n) is 13.3. The molecule has 39 heavy (non-hydrogen) atoms. The highest BCUT2D eigenvalue weighted by Crippen LogP contribution is 2.32. The molecule has 5 rings (SSSR count). The van der Waals surface area contributed by atoms with Gasteiger partial charge in [0.2, 0.25) is 0 Å². The summed E-state index contributed by atoms with van der Waals surface area (Å²) in [5.41, 5.74) is 2.78. The molecule has 2 aliphatic rings. The standard InChI is InChI=1S/C29H32F2N4O3S/c1-20-17-24(31)9-10-26(20)33-27-18-28(39(37,38)35-13-3-2-4-14-35)32-19-25(27)29(36)34-15-11-22(12-16-34)21-5-7-23(30)8-6-21/h5-10,17-19,22H,2-4,11-16H2,1H3,(H,32,33). The van der Waals surface area contributed by atoms with E-state index in [0.29, 0.717) is 43.1 Å². The third-order valence-electron chi connectivity index (χ3n) is 7.61. The van der Waals surface area contributed by atoms with Crippen LogP contribution in [0.25, 0.3) is 0 Å². The fourth-order valence-corrected chi connectivity index (χ4v) is 6.78. The van der Waals surface area contributed by atoms with Gasteiger partial charge in [0.25, 0.3) is 15.9 Å². The topological polar surface area (TPSA) is 82.6 Å². The number of aryl methyl sites for hydroxylation is 1. The Morgan fingerprint density at radius 2 is 1.56 bits per heavy atom. The van der Waals surface area contributed by atoms with Gasteiger partial charge in [-0.25, -0.2) is 22.2 Å². The Bertz CT molecular complexity index is 1450. The number of nitrogens with zero attached hydrogens (tertiary/aromatic N) is 3. The van der Waals surface area contributed by atoms with Crippen molar-refractivity contribution in [2.24, 2.45) is 0 Å². The minimum absolute atomic E-state index is 0.127. The average molecular weight is 555 g/mol. The van der Waals surface area contributed by atoms with E-state index < -0.39 is 10.0 Å². The van der Waals surface area contributed by atoms with Crippen molar-refractivity contribution < 1.29 is 22.0 Å². The van der Waals surface area contributed by atoms with E-state index in [0.717, 1.165) is 37.7 Å². The second-order valence-electron chi connectivity index (χ2n) is 10.2. The van der Waals surface area contributed by atoms with Gasteiger partial charge in [-0.3, -0.25) is 4.79 Å². The van der Waals surface area contributed by atoms with Gasteiger partial charge in [-0.2, -0.15) is 4.31 Å². The first kappa shape index (κ1) is 27.2. The maximum atomic E-state index is 13.7. The maximum absolute atomic E-state index is 13.7. The summed E-state index contributed by atoms with van der Waals surface area (Å²) in [5, 5.41) is 3.04. The van der Waals surface area contributed by atoms with Crippen molar-refractivity contribution in [1.29, 1.82) is 0 Å². The fraction of sp³-hybridized carbons (Fsp3) is 0.379. The molecule has 3 heterocycles. The first-order chi connectivity index (χ1) is 18.7. The molecule has 1 amide bonds. The number of halogens is 2. The summed E-state index contributed by atoms with van der Waals surface area (Å²) < 4.78 is 55.2. The second-order valence-corrected chi connectivity index (χ2v) is 12.1. The number of hydrogen-bond acceptors (Lipinski definition) is 5. The van der Waals surface area contributed by atoms with Crippen LogP contribution in [0.15, 0.2) is 59.8 Å². The molecule has 1 aromatic heterocycles. The minimum Gasteiger partial charge on any atom is -0.355 e. The van der Waals surface area contributed by atoms with Crippen molar-refractivity contribution in [3.63, 3.8) is 0 Å². The zero-order chi connectivity index (χ0) is 27.6. The molecule has 7 nitrogen and oxygen atoms in total. The zero-order valence-corrected chi connectivity index (χ0v) is 22.7. The summed E-state index contributed by atoms with van der Waals surface area (Å²) in [7, 11) is -3.83. The molecule has 2 saturated heterocycles. The molecule has 0 spiro atoms. The number of carbonyl (C=O) groups excluding carboxylic acids is 1. The molecule has 1 N–H and O–H groups in total. The van der Waals surface area contributed by atoms with Gasteiger partial charge in [0.1, 0.15) is 11.6 Å². The van der Waals surface area contributed by atoms with Crippen LogP contribution in [0.3, 0.4) is 0 Å². The van der Waals surface area contributed by atoms with Crippen LogP contribution in [0.4, 0.5) is 20.2 Å². The van der Waals surface area contributed by atoms with Crippen LogP contribution in [0, 0.1) is 18.6 Å². The second kappa shape index (κ2) is 11.4. The number of amides is 1. The van der Waals surface area contributed by atoms with Crippen molar-refractivity contribution in [1.82, 2.24) is 14.2 Å². The van der Waals surface area contributed by atoms with Crippen molar-refractivity contribution in [2.45, 2.75) is 50.0 Å². The van der Waals surface area contributed by atoms with Gasteiger partial charge >= 0.3 is 0 Å². The Kier molecular flexibility index (Phi) is 7.95. The van der Waals surface area contributed by atoms with Crippen LogP contribution < -0.4 is 5.32 Å². The predicted octanol–water partition coefficient (Wildman–Crippen LogP) is 5.61. The molecule has 0 aliphatic carbocycles. The number of benzene rings is 2. The average Bonchev–Trinajstić information content (AvgIpc) is 2.95. The molecular weight excluding hydrogens is 522 g/mol. The summed E-state index contributed by atoms with van der Waals surface area (Å²) >= 11 is 0. The molecule has 3 aromatic rings. The number of anilines is 2. The Labute approximate surface area is 227 Å². The molecular formula is C29H32F2N4O3S. The Hall–Kier alpha value is -3.37. The lowest BCUT2D eigenvalue weighted by Crippen LogP contribution is -2.38. The molecule has 0 radical (unpaired) electrons. The smallest absolute Gasteiger partial charge is 0.260 e. The number of pyridine rings is 1. The number of rotatable bonds is 6. The summed E-state index contributed by atoms with van der Waals surface area (Å²) in [4.78, 5) is 19.6. The molecule has 2 fully saturated rings. The third-order valence-corrected chi connectivity index (χ3v) is 9.41. The third kappa shape index (κ3) is 5.96. The number of piperidine rings is 2. The lowest BCUT2D eigenvalue weighted by atomic mass is 9.89. The van der Waals surface area contributed by atoms with Crippen LogP contribution in [-0.2, 0) is 10.0 Å². The monoisotopic (exact) mass is 554 g/mol. The van der Waals surface area contributed by atoms with Gasteiger partial charge in [0, 0.05) is 44.1 Å². The predicted molar refractivity (Wildman–Crippen MR) is 146 cm³/mol. The molecule has 10 heteroatoms. The highest BCUT2D eigenvalue weighted by Gasteiger charge is 2.31. The van der Waals surface area contributed by atoms with E-state index in [4.69, 9.17) is 0 Å². The molecule has 206 valence electrons. The van der Waals surface area contributed by atoms with Gasteiger partial charge in [0.05, 0.1) is 11.3 Å². The first-order valence-corrected chi connectivity index (χ1v) is 14.7. The van der Waals surface area contributed by atoms with Crippen LogP contribution in [0.5, 0.6) is 0 Å².